The molecule has 0 heterocycles. The van der Waals surface area contributed by atoms with Crippen LogP contribution in [0.3, 0.4) is 0 Å². The molecule has 0 atom stereocenters. The van der Waals surface area contributed by atoms with Crippen molar-refractivity contribution in [2.45, 2.75) is 11.8 Å². The summed E-state index contributed by atoms with van der Waals surface area (Å²) in [5.74, 6) is 0. The minimum absolute atomic E-state index is 0.0323. The number of nitro benzene ring substituents is 2. The molecule has 2 aromatic rings. The molecule has 0 aliphatic heterocycles. The van der Waals surface area contributed by atoms with E-state index in [-0.39, 0.29) is 29.4 Å². The lowest BCUT2D eigenvalue weighted by Gasteiger charge is -2.06. The maximum atomic E-state index is 12.2. The van der Waals surface area contributed by atoms with Crippen molar-refractivity contribution < 1.29 is 18.3 Å². The van der Waals surface area contributed by atoms with Gasteiger partial charge in [0.25, 0.3) is 11.4 Å². The van der Waals surface area contributed by atoms with Gasteiger partial charge in [0.1, 0.15) is 0 Å². The third kappa shape index (κ3) is 5.39. The van der Waals surface area contributed by atoms with Gasteiger partial charge in [0.05, 0.1) is 21.3 Å². The zero-order valence-corrected chi connectivity index (χ0v) is 15.0. The van der Waals surface area contributed by atoms with Crippen LogP contribution in [0.2, 0.25) is 0 Å². The van der Waals surface area contributed by atoms with Crippen molar-refractivity contribution in [1.29, 1.82) is 0 Å². The topological polar surface area (TPSA) is 145 Å². The summed E-state index contributed by atoms with van der Waals surface area (Å²) in [6, 6.07) is 9.51. The van der Waals surface area contributed by atoms with E-state index in [1.165, 1.54) is 43.5 Å². The zero-order chi connectivity index (χ0) is 20.0. The number of nitrogens with zero attached hydrogens (tertiary/aromatic N) is 3. The summed E-state index contributed by atoms with van der Waals surface area (Å²) in [7, 11) is -3.91. The number of sulfonamides is 1. The van der Waals surface area contributed by atoms with Crippen molar-refractivity contribution >= 4 is 27.6 Å². The molecule has 1 N–H and O–H groups in total. The number of benzene rings is 2. The molecule has 142 valence electrons. The molecular formula is C16H16N4O6S. The van der Waals surface area contributed by atoms with E-state index in [9.17, 15) is 28.6 Å². The second kappa shape index (κ2) is 8.47. The van der Waals surface area contributed by atoms with Gasteiger partial charge < -0.3 is 0 Å². The summed E-state index contributed by atoms with van der Waals surface area (Å²) >= 11 is 0. The number of rotatable bonds is 8. The first-order chi connectivity index (χ1) is 12.7. The van der Waals surface area contributed by atoms with Crippen LogP contribution in [-0.2, 0) is 10.0 Å². The van der Waals surface area contributed by atoms with Gasteiger partial charge in [-0.25, -0.2) is 13.1 Å². The summed E-state index contributed by atoms with van der Waals surface area (Å²) in [6.07, 6.45) is 1.40. The molecule has 27 heavy (non-hydrogen) atoms. The summed E-state index contributed by atoms with van der Waals surface area (Å²) in [4.78, 5) is 24.3. The van der Waals surface area contributed by atoms with E-state index >= 15 is 0 Å². The Bertz CT molecular complexity index is 1000. The predicted molar refractivity (Wildman–Crippen MR) is 98.6 cm³/mol. The summed E-state index contributed by atoms with van der Waals surface area (Å²) in [5.41, 5.74) is 0.531. The molecule has 2 rings (SSSR count). The molecule has 0 radical (unpaired) electrons. The fourth-order valence-corrected chi connectivity index (χ4v) is 3.21. The molecule has 0 aromatic heterocycles. The molecular weight excluding hydrogens is 376 g/mol. The van der Waals surface area contributed by atoms with Crippen LogP contribution in [0.25, 0.3) is 0 Å². The standard InChI is InChI=1S/C16H16N4O6S/c1-12-5-6-15(10-16(12)20(23)24)27(25,26)18-8-7-17-11-13-3-2-4-14(9-13)19(21)22/h2-6,9-11,18H,7-8H2,1H3. The van der Waals surface area contributed by atoms with E-state index in [1.807, 2.05) is 0 Å². The number of nitro groups is 2. The minimum Gasteiger partial charge on any atom is -0.291 e. The molecule has 2 aromatic carbocycles. The van der Waals surface area contributed by atoms with Crippen LogP contribution in [0, 0.1) is 27.2 Å². The first-order valence-corrected chi connectivity index (χ1v) is 9.18. The molecule has 0 unspecified atom stereocenters. The molecule has 0 saturated carbocycles. The van der Waals surface area contributed by atoms with Crippen LogP contribution in [0.5, 0.6) is 0 Å². The molecule has 0 saturated heterocycles. The highest BCUT2D eigenvalue weighted by Crippen LogP contribution is 2.21. The Morgan fingerprint density at radius 3 is 2.52 bits per heavy atom. The Balaban J connectivity index is 1.98. The SMILES string of the molecule is Cc1ccc(S(=O)(=O)NCCN=Cc2cccc([N+](=O)[O-])c2)cc1[N+](=O)[O-]. The Hall–Kier alpha value is -3.18. The first-order valence-electron chi connectivity index (χ1n) is 7.70. The van der Waals surface area contributed by atoms with E-state index in [1.54, 1.807) is 6.07 Å². The Labute approximate surface area is 154 Å². The third-order valence-corrected chi connectivity index (χ3v) is 5.00. The van der Waals surface area contributed by atoms with E-state index < -0.39 is 19.9 Å². The molecule has 0 aliphatic carbocycles. The molecule has 0 bridgehead atoms. The largest absolute Gasteiger partial charge is 0.291 e. The Kier molecular flexibility index (Phi) is 6.32. The average Bonchev–Trinajstić information content (AvgIpc) is 2.61. The molecule has 0 fully saturated rings. The number of hydrogen-bond acceptors (Lipinski definition) is 7. The minimum atomic E-state index is -3.91. The van der Waals surface area contributed by atoms with Crippen molar-refractivity contribution in [1.82, 2.24) is 4.72 Å². The molecule has 10 nitrogen and oxygen atoms in total. The lowest BCUT2D eigenvalue weighted by molar-refractivity contribution is -0.385. The fourth-order valence-electron chi connectivity index (χ4n) is 2.17. The molecule has 0 spiro atoms. The van der Waals surface area contributed by atoms with E-state index in [0.29, 0.717) is 11.1 Å². The smallest absolute Gasteiger partial charge is 0.273 e. The lowest BCUT2D eigenvalue weighted by Crippen LogP contribution is -2.26. The van der Waals surface area contributed by atoms with Crippen molar-refractivity contribution in [3.05, 3.63) is 73.8 Å². The second-order valence-corrected chi connectivity index (χ2v) is 7.26. The quantitative estimate of drug-likeness (QED) is 0.315. The van der Waals surface area contributed by atoms with Gasteiger partial charge in [-0.2, -0.15) is 0 Å². The van der Waals surface area contributed by atoms with Gasteiger partial charge in [-0.15, -0.1) is 0 Å². The summed E-state index contributed by atoms with van der Waals surface area (Å²) in [5, 5.41) is 21.6. The number of aryl methyl sites for hydroxylation is 1. The predicted octanol–water partition coefficient (Wildman–Crippen LogP) is 2.21. The van der Waals surface area contributed by atoms with Crippen LogP contribution < -0.4 is 4.72 Å². The Morgan fingerprint density at radius 1 is 1.11 bits per heavy atom. The average molecular weight is 392 g/mol. The van der Waals surface area contributed by atoms with E-state index in [0.717, 1.165) is 6.07 Å². The highest BCUT2D eigenvalue weighted by molar-refractivity contribution is 7.89. The van der Waals surface area contributed by atoms with Crippen molar-refractivity contribution in [2.24, 2.45) is 4.99 Å². The molecule has 0 amide bonds. The number of non-ortho nitro benzene ring substituents is 1. The van der Waals surface area contributed by atoms with Crippen molar-refractivity contribution in [3.8, 4) is 0 Å². The summed E-state index contributed by atoms with van der Waals surface area (Å²) < 4.78 is 26.7. The number of hydrogen-bond donors (Lipinski definition) is 1. The third-order valence-electron chi connectivity index (χ3n) is 3.54. The molecule has 0 aliphatic rings. The maximum absolute atomic E-state index is 12.2. The van der Waals surface area contributed by atoms with Crippen molar-refractivity contribution in [2.75, 3.05) is 13.1 Å². The van der Waals surface area contributed by atoms with Crippen molar-refractivity contribution in [3.63, 3.8) is 0 Å². The second-order valence-electron chi connectivity index (χ2n) is 5.49. The van der Waals surface area contributed by atoms with Gasteiger partial charge in [0, 0.05) is 36.5 Å². The lowest BCUT2D eigenvalue weighted by atomic mass is 10.2. The van der Waals surface area contributed by atoms with Gasteiger partial charge in [-0.1, -0.05) is 18.2 Å². The van der Waals surface area contributed by atoms with Gasteiger partial charge >= 0.3 is 0 Å². The van der Waals surface area contributed by atoms with Gasteiger partial charge in [-0.3, -0.25) is 25.2 Å². The van der Waals surface area contributed by atoms with Crippen LogP contribution in [0.1, 0.15) is 11.1 Å². The maximum Gasteiger partial charge on any atom is 0.273 e. The van der Waals surface area contributed by atoms with Crippen LogP contribution >= 0.6 is 0 Å². The molecule has 11 heteroatoms. The fraction of sp³-hybridized carbons (Fsp3) is 0.188. The van der Waals surface area contributed by atoms with Crippen LogP contribution in [0.15, 0.2) is 52.4 Å². The summed E-state index contributed by atoms with van der Waals surface area (Å²) in [6.45, 7) is 1.58. The van der Waals surface area contributed by atoms with Crippen LogP contribution in [-0.4, -0.2) is 37.6 Å². The highest BCUT2D eigenvalue weighted by Gasteiger charge is 2.19. The number of nitrogens with one attached hydrogen (secondary N) is 1. The first kappa shape index (κ1) is 20.1. The van der Waals surface area contributed by atoms with Crippen LogP contribution in [0.4, 0.5) is 11.4 Å². The highest BCUT2D eigenvalue weighted by atomic mass is 32.2. The van der Waals surface area contributed by atoms with Gasteiger partial charge in [-0.05, 0) is 18.6 Å². The zero-order valence-electron chi connectivity index (χ0n) is 14.2. The van der Waals surface area contributed by atoms with Gasteiger partial charge in [0.2, 0.25) is 10.0 Å². The van der Waals surface area contributed by atoms with E-state index in [2.05, 4.69) is 9.71 Å². The Morgan fingerprint density at radius 2 is 1.85 bits per heavy atom. The number of aliphatic imine (C=N–C) groups is 1. The normalized spacial score (nSPS) is 11.6. The monoisotopic (exact) mass is 392 g/mol. The van der Waals surface area contributed by atoms with E-state index in [4.69, 9.17) is 0 Å². The van der Waals surface area contributed by atoms with Gasteiger partial charge in [0.15, 0.2) is 0 Å².